The molecule has 2 atom stereocenters. The van der Waals surface area contributed by atoms with Crippen LogP contribution in [0.5, 0.6) is 0 Å². The molecule has 1 saturated heterocycles. The van der Waals surface area contributed by atoms with Crippen molar-refractivity contribution >= 4 is 27.0 Å². The van der Waals surface area contributed by atoms with E-state index >= 15 is 0 Å². The first-order chi connectivity index (χ1) is 13.3. The highest BCUT2D eigenvalue weighted by atomic mass is 32.2. The van der Waals surface area contributed by atoms with Gasteiger partial charge in [-0.2, -0.15) is 4.98 Å². The van der Waals surface area contributed by atoms with E-state index in [4.69, 9.17) is 4.98 Å². The quantitative estimate of drug-likeness (QED) is 0.806. The van der Waals surface area contributed by atoms with Crippen molar-refractivity contribution in [3.63, 3.8) is 0 Å². The molecule has 152 valence electrons. The Morgan fingerprint density at radius 2 is 1.89 bits per heavy atom. The van der Waals surface area contributed by atoms with E-state index in [1.54, 1.807) is 0 Å². The van der Waals surface area contributed by atoms with E-state index in [9.17, 15) is 13.2 Å². The number of pyridine rings is 1. The summed E-state index contributed by atoms with van der Waals surface area (Å²) in [6.45, 7) is 3.24. The number of aromatic amines is 1. The van der Waals surface area contributed by atoms with Gasteiger partial charge in [-0.15, -0.1) is 0 Å². The van der Waals surface area contributed by atoms with Gasteiger partial charge in [0.25, 0.3) is 0 Å². The summed E-state index contributed by atoms with van der Waals surface area (Å²) in [5.41, 5.74) is 1.39. The lowest BCUT2D eigenvalue weighted by Gasteiger charge is -2.30. The Labute approximate surface area is 164 Å². The fraction of sp³-hybridized carbons (Fsp3) is 0.632. The van der Waals surface area contributed by atoms with Gasteiger partial charge in [0.05, 0.1) is 11.9 Å². The molecule has 1 saturated carbocycles. The van der Waals surface area contributed by atoms with E-state index in [0.717, 1.165) is 17.5 Å². The van der Waals surface area contributed by atoms with Crippen LogP contribution in [0, 0.1) is 5.92 Å². The molecule has 0 spiro atoms. The van der Waals surface area contributed by atoms with Crippen molar-refractivity contribution in [3.05, 3.63) is 28.2 Å². The van der Waals surface area contributed by atoms with Crippen molar-refractivity contribution < 1.29 is 8.42 Å². The summed E-state index contributed by atoms with van der Waals surface area (Å²) < 4.78 is 24.9. The number of piperidine rings is 1. The molecule has 0 bridgehead atoms. The monoisotopic (exact) mass is 405 g/mol. The topological polar surface area (TPSA) is 108 Å². The summed E-state index contributed by atoms with van der Waals surface area (Å²) in [7, 11) is -3.15. The lowest BCUT2D eigenvalue weighted by atomic mass is 9.92. The van der Waals surface area contributed by atoms with Gasteiger partial charge in [-0.1, -0.05) is 19.8 Å². The second kappa shape index (κ2) is 7.44. The van der Waals surface area contributed by atoms with Crippen molar-refractivity contribution in [2.24, 2.45) is 5.92 Å². The van der Waals surface area contributed by atoms with E-state index in [1.165, 1.54) is 29.5 Å². The minimum atomic E-state index is -3.15. The number of fused-ring (bicyclic) bond motifs is 1. The van der Waals surface area contributed by atoms with Crippen LogP contribution in [0.25, 0.3) is 11.0 Å². The molecule has 1 aliphatic carbocycles. The second-order valence-corrected chi connectivity index (χ2v) is 10.1. The number of nitrogens with one attached hydrogen (secondary N) is 2. The van der Waals surface area contributed by atoms with Crippen LogP contribution < -0.4 is 10.9 Å². The SMILES string of the molecule is C[C@H]1CCC[C@H]1c1nc(NC2CCN(S(C)(=O)=O)CC2)nc2[nH]c(=O)ccc12. The molecule has 3 heterocycles. The molecule has 2 fully saturated rings. The predicted octanol–water partition coefficient (Wildman–Crippen LogP) is 2.06. The number of sulfonamides is 1. The Hall–Kier alpha value is -2.00. The molecule has 0 unspecified atom stereocenters. The molecular formula is C19H27N5O3S. The van der Waals surface area contributed by atoms with Crippen molar-refractivity contribution in [1.29, 1.82) is 0 Å². The van der Waals surface area contributed by atoms with Crippen LogP contribution in [0.4, 0.5) is 5.95 Å². The maximum Gasteiger partial charge on any atom is 0.249 e. The van der Waals surface area contributed by atoms with Crippen LogP contribution in [0.15, 0.2) is 16.9 Å². The van der Waals surface area contributed by atoms with Gasteiger partial charge in [-0.25, -0.2) is 17.7 Å². The average Bonchev–Trinajstić information content (AvgIpc) is 3.06. The third-order valence-corrected chi connectivity index (χ3v) is 7.39. The summed E-state index contributed by atoms with van der Waals surface area (Å²) in [6.07, 6.45) is 6.13. The Morgan fingerprint density at radius 3 is 2.54 bits per heavy atom. The number of anilines is 1. The minimum absolute atomic E-state index is 0.111. The highest BCUT2D eigenvalue weighted by Gasteiger charge is 2.29. The second-order valence-electron chi connectivity index (χ2n) is 8.11. The van der Waals surface area contributed by atoms with Crippen LogP contribution >= 0.6 is 0 Å². The Bertz CT molecular complexity index is 1030. The molecule has 2 aromatic rings. The Kier molecular flexibility index (Phi) is 5.13. The maximum absolute atomic E-state index is 11.8. The van der Waals surface area contributed by atoms with Gasteiger partial charge in [-0.05, 0) is 31.2 Å². The van der Waals surface area contributed by atoms with Crippen LogP contribution in [0.1, 0.15) is 50.6 Å². The fourth-order valence-corrected chi connectivity index (χ4v) is 5.35. The van der Waals surface area contributed by atoms with Crippen LogP contribution in [-0.4, -0.2) is 53.1 Å². The molecule has 8 nitrogen and oxygen atoms in total. The zero-order chi connectivity index (χ0) is 19.9. The van der Waals surface area contributed by atoms with Gasteiger partial charge in [-0.3, -0.25) is 4.79 Å². The number of hydrogen-bond donors (Lipinski definition) is 2. The number of hydrogen-bond acceptors (Lipinski definition) is 6. The Morgan fingerprint density at radius 1 is 1.14 bits per heavy atom. The number of H-pyrrole nitrogens is 1. The van der Waals surface area contributed by atoms with Crippen molar-refractivity contribution in [3.8, 4) is 0 Å². The molecule has 0 radical (unpaired) electrons. The molecule has 2 N–H and O–H groups in total. The summed E-state index contributed by atoms with van der Waals surface area (Å²) in [4.78, 5) is 24.0. The van der Waals surface area contributed by atoms with Gasteiger partial charge >= 0.3 is 0 Å². The van der Waals surface area contributed by atoms with Crippen LogP contribution in [0.2, 0.25) is 0 Å². The standard InChI is InChI=1S/C19H27N5O3S/c1-12-4-3-5-14(12)17-15-6-7-16(25)21-18(15)23-19(22-17)20-13-8-10-24(11-9-13)28(2,26)27/h6-7,12-14H,3-5,8-11H2,1-2H3,(H2,20,21,22,23,25)/t12-,14+/m0/s1. The van der Waals surface area contributed by atoms with E-state index in [2.05, 4.69) is 22.2 Å². The van der Waals surface area contributed by atoms with Crippen LogP contribution in [-0.2, 0) is 10.0 Å². The van der Waals surface area contributed by atoms with Crippen molar-refractivity contribution in [2.75, 3.05) is 24.7 Å². The molecule has 1 aliphatic heterocycles. The van der Waals surface area contributed by atoms with Gasteiger partial charge in [0.2, 0.25) is 21.5 Å². The molecular weight excluding hydrogens is 378 g/mol. The van der Waals surface area contributed by atoms with E-state index in [1.807, 2.05) is 6.07 Å². The highest BCUT2D eigenvalue weighted by molar-refractivity contribution is 7.88. The maximum atomic E-state index is 11.8. The van der Waals surface area contributed by atoms with Crippen molar-refractivity contribution in [1.82, 2.24) is 19.3 Å². The minimum Gasteiger partial charge on any atom is -0.351 e. The first-order valence-corrected chi connectivity index (χ1v) is 11.8. The lowest BCUT2D eigenvalue weighted by Crippen LogP contribution is -2.42. The normalized spacial score (nSPS) is 24.6. The van der Waals surface area contributed by atoms with Gasteiger partial charge in [0.1, 0.15) is 5.65 Å². The number of nitrogens with zero attached hydrogens (tertiary/aromatic N) is 3. The number of aromatic nitrogens is 3. The molecule has 2 aliphatic rings. The van der Waals surface area contributed by atoms with E-state index in [0.29, 0.717) is 49.4 Å². The van der Waals surface area contributed by atoms with Gasteiger partial charge in [0, 0.05) is 36.5 Å². The molecule has 9 heteroatoms. The molecule has 4 rings (SSSR count). The van der Waals surface area contributed by atoms with E-state index < -0.39 is 10.0 Å². The van der Waals surface area contributed by atoms with Gasteiger partial charge < -0.3 is 10.3 Å². The van der Waals surface area contributed by atoms with Crippen molar-refractivity contribution in [2.45, 2.75) is 51.0 Å². The average molecular weight is 406 g/mol. The Balaban J connectivity index is 1.62. The third kappa shape index (κ3) is 3.91. The van der Waals surface area contributed by atoms with Gasteiger partial charge in [0.15, 0.2) is 0 Å². The summed E-state index contributed by atoms with van der Waals surface area (Å²) in [6, 6.07) is 3.46. The fourth-order valence-electron chi connectivity index (χ4n) is 4.48. The molecule has 2 aromatic heterocycles. The highest BCUT2D eigenvalue weighted by Crippen LogP contribution is 2.40. The molecule has 0 aromatic carbocycles. The summed E-state index contributed by atoms with van der Waals surface area (Å²) >= 11 is 0. The predicted molar refractivity (Wildman–Crippen MR) is 109 cm³/mol. The molecule has 28 heavy (non-hydrogen) atoms. The zero-order valence-electron chi connectivity index (χ0n) is 16.3. The number of rotatable bonds is 4. The van der Waals surface area contributed by atoms with E-state index in [-0.39, 0.29) is 11.6 Å². The first-order valence-electron chi connectivity index (χ1n) is 9.94. The molecule has 0 amide bonds. The zero-order valence-corrected chi connectivity index (χ0v) is 17.1. The summed E-state index contributed by atoms with van der Waals surface area (Å²) in [5.74, 6) is 1.43. The largest absolute Gasteiger partial charge is 0.351 e. The summed E-state index contributed by atoms with van der Waals surface area (Å²) in [5, 5.41) is 4.29. The van der Waals surface area contributed by atoms with Crippen LogP contribution in [0.3, 0.4) is 0 Å². The smallest absolute Gasteiger partial charge is 0.249 e. The first kappa shape index (κ1) is 19.3. The third-order valence-electron chi connectivity index (χ3n) is 6.09. The lowest BCUT2D eigenvalue weighted by molar-refractivity contribution is 0.331.